The second-order valence-electron chi connectivity index (χ2n) is 13.5. The molecule has 264 valence electrons. The average molecular weight is 728 g/mol. The van der Waals surface area contributed by atoms with E-state index in [1.54, 1.807) is 18.2 Å². The lowest BCUT2D eigenvalue weighted by atomic mass is 9.75. The highest BCUT2D eigenvalue weighted by Crippen LogP contribution is 2.43. The number of amides is 5. The maximum atomic E-state index is 13.6. The van der Waals surface area contributed by atoms with Gasteiger partial charge < -0.3 is 14.8 Å². The first-order valence-electron chi connectivity index (χ1n) is 16.7. The van der Waals surface area contributed by atoms with E-state index in [-0.39, 0.29) is 46.5 Å². The molecule has 1 aromatic heterocycles. The Labute approximate surface area is 299 Å². The van der Waals surface area contributed by atoms with Gasteiger partial charge in [-0.15, -0.1) is 0 Å². The van der Waals surface area contributed by atoms with Crippen molar-refractivity contribution in [3.63, 3.8) is 0 Å². The van der Waals surface area contributed by atoms with E-state index in [4.69, 9.17) is 11.6 Å². The SMILES string of the molecule is O=C1CCC(N2C(=O)c3ccc(N4CC(C#Cc5ccc6c(ccn6C6(C(=O)Nc7ccc(C(F)(F)F)cc7Cl)CCC6)c5)C4)cc3C2=O)C(=O)N1. The molecule has 4 aromatic rings. The molecule has 52 heavy (non-hydrogen) atoms. The Kier molecular flexibility index (Phi) is 7.91. The smallest absolute Gasteiger partial charge is 0.369 e. The van der Waals surface area contributed by atoms with E-state index in [1.807, 2.05) is 35.0 Å². The largest absolute Gasteiger partial charge is 0.416 e. The van der Waals surface area contributed by atoms with Crippen molar-refractivity contribution in [2.45, 2.75) is 49.9 Å². The molecule has 14 heteroatoms. The van der Waals surface area contributed by atoms with E-state index in [9.17, 15) is 37.1 Å². The van der Waals surface area contributed by atoms with Crippen LogP contribution in [0.25, 0.3) is 10.9 Å². The number of benzene rings is 3. The first-order valence-corrected chi connectivity index (χ1v) is 17.1. The summed E-state index contributed by atoms with van der Waals surface area (Å²) in [7, 11) is 0. The highest BCUT2D eigenvalue weighted by atomic mass is 35.5. The minimum absolute atomic E-state index is 0.0541. The molecule has 8 rings (SSSR count). The topological polar surface area (TPSA) is 121 Å². The number of carbonyl (C=O) groups excluding carboxylic acids is 5. The highest BCUT2D eigenvalue weighted by molar-refractivity contribution is 6.34. The summed E-state index contributed by atoms with van der Waals surface area (Å²) < 4.78 is 41.2. The molecular formula is C38H29ClF3N5O5. The van der Waals surface area contributed by atoms with Gasteiger partial charge in [-0.05, 0) is 86.3 Å². The number of imide groups is 2. The molecule has 1 aliphatic carbocycles. The predicted octanol–water partition coefficient (Wildman–Crippen LogP) is 5.72. The van der Waals surface area contributed by atoms with Gasteiger partial charge in [-0.2, -0.15) is 13.2 Å². The maximum Gasteiger partial charge on any atom is 0.416 e. The number of nitrogens with zero attached hydrogens (tertiary/aromatic N) is 3. The molecular weight excluding hydrogens is 699 g/mol. The number of anilines is 2. The minimum atomic E-state index is -4.55. The number of halogens is 4. The van der Waals surface area contributed by atoms with Crippen LogP contribution in [0, 0.1) is 17.8 Å². The number of nitrogens with one attached hydrogen (secondary N) is 2. The molecule has 0 radical (unpaired) electrons. The van der Waals surface area contributed by atoms with Crippen LogP contribution >= 0.6 is 11.6 Å². The summed E-state index contributed by atoms with van der Waals surface area (Å²) in [5, 5.41) is 5.64. The van der Waals surface area contributed by atoms with Crippen molar-refractivity contribution in [1.29, 1.82) is 0 Å². The van der Waals surface area contributed by atoms with Crippen LogP contribution in [0.3, 0.4) is 0 Å². The Balaban J connectivity index is 0.928. The van der Waals surface area contributed by atoms with Crippen molar-refractivity contribution in [2.24, 2.45) is 5.92 Å². The molecule has 10 nitrogen and oxygen atoms in total. The zero-order chi connectivity index (χ0) is 36.5. The monoisotopic (exact) mass is 727 g/mol. The Morgan fingerprint density at radius 1 is 0.942 bits per heavy atom. The Hall–Kier alpha value is -5.61. The lowest BCUT2D eigenvalue weighted by Crippen LogP contribution is -2.54. The van der Waals surface area contributed by atoms with E-state index in [0.29, 0.717) is 25.9 Å². The van der Waals surface area contributed by atoms with Gasteiger partial charge >= 0.3 is 6.18 Å². The molecule has 2 N–H and O–H groups in total. The summed E-state index contributed by atoms with van der Waals surface area (Å²) in [6.45, 7) is 1.23. The van der Waals surface area contributed by atoms with Crippen molar-refractivity contribution < 1.29 is 37.1 Å². The molecule has 3 aliphatic heterocycles. The van der Waals surface area contributed by atoms with Crippen molar-refractivity contribution in [1.82, 2.24) is 14.8 Å². The number of piperidine rings is 1. The van der Waals surface area contributed by atoms with Crippen LogP contribution < -0.4 is 15.5 Å². The van der Waals surface area contributed by atoms with Crippen LogP contribution in [0.2, 0.25) is 5.02 Å². The molecule has 1 saturated carbocycles. The zero-order valence-corrected chi connectivity index (χ0v) is 28.1. The average Bonchev–Trinajstić information content (AvgIpc) is 3.58. The standard InChI is InChI=1S/C38H29ClF3N5O5/c39-28-17-24(38(40,41)42)5-8-29(28)43-36(52)37(13-1-14-37)46-15-12-23-16-21(4-9-30(23)46)2-3-22-19-45(20-22)25-6-7-26-27(18-25)35(51)47(34(26)50)31-10-11-32(48)44-33(31)49/h4-9,12,15-18,22,31H,1,10-11,13-14,19-20H2,(H,43,52)(H,44,48,49). The number of rotatable bonds is 5. The van der Waals surface area contributed by atoms with Crippen LogP contribution in [-0.4, -0.2) is 58.1 Å². The third-order valence-electron chi connectivity index (χ3n) is 10.4. The number of carbonyl (C=O) groups is 5. The summed E-state index contributed by atoms with van der Waals surface area (Å²) in [6.07, 6.45) is -0.613. The van der Waals surface area contributed by atoms with Gasteiger partial charge in [0.2, 0.25) is 11.8 Å². The van der Waals surface area contributed by atoms with Gasteiger partial charge in [-0.1, -0.05) is 23.4 Å². The second-order valence-corrected chi connectivity index (χ2v) is 13.9. The molecule has 4 heterocycles. The lowest BCUT2D eigenvalue weighted by Gasteiger charge is -2.42. The molecule has 3 aromatic carbocycles. The van der Waals surface area contributed by atoms with Crippen molar-refractivity contribution >= 4 is 63.4 Å². The van der Waals surface area contributed by atoms with E-state index in [0.717, 1.165) is 45.6 Å². The first-order chi connectivity index (χ1) is 24.8. The summed E-state index contributed by atoms with van der Waals surface area (Å²) in [4.78, 5) is 66.7. The fraction of sp³-hybridized carbons (Fsp3) is 0.289. The molecule has 0 spiro atoms. The molecule has 4 aliphatic rings. The first kappa shape index (κ1) is 33.5. The number of alkyl halides is 3. The molecule has 2 saturated heterocycles. The van der Waals surface area contributed by atoms with Crippen LogP contribution in [0.5, 0.6) is 0 Å². The zero-order valence-electron chi connectivity index (χ0n) is 27.4. The summed E-state index contributed by atoms with van der Waals surface area (Å²) in [6, 6.07) is 14.5. The van der Waals surface area contributed by atoms with Gasteiger partial charge in [0.05, 0.1) is 33.3 Å². The third-order valence-corrected chi connectivity index (χ3v) is 10.7. The lowest BCUT2D eigenvalue weighted by molar-refractivity contribution is -0.138. The number of aromatic nitrogens is 1. The van der Waals surface area contributed by atoms with E-state index >= 15 is 0 Å². The Morgan fingerprint density at radius 2 is 1.71 bits per heavy atom. The van der Waals surface area contributed by atoms with Gasteiger partial charge in [-0.25, -0.2) is 0 Å². The summed E-state index contributed by atoms with van der Waals surface area (Å²) in [5.41, 5.74) is 1.16. The third kappa shape index (κ3) is 5.58. The van der Waals surface area contributed by atoms with Crippen LogP contribution in [0.1, 0.15) is 63.9 Å². The van der Waals surface area contributed by atoms with Gasteiger partial charge in [0, 0.05) is 47.9 Å². The highest BCUT2D eigenvalue weighted by Gasteiger charge is 2.47. The molecule has 1 atom stereocenters. The quantitative estimate of drug-likeness (QED) is 0.201. The predicted molar refractivity (Wildman–Crippen MR) is 185 cm³/mol. The Morgan fingerprint density at radius 3 is 2.40 bits per heavy atom. The molecule has 0 bridgehead atoms. The normalized spacial score (nSPS) is 19.8. The van der Waals surface area contributed by atoms with Crippen molar-refractivity contribution in [3.05, 3.63) is 94.1 Å². The molecule has 1 unspecified atom stereocenters. The van der Waals surface area contributed by atoms with Crippen molar-refractivity contribution in [3.8, 4) is 11.8 Å². The van der Waals surface area contributed by atoms with Gasteiger partial charge in [0.1, 0.15) is 11.6 Å². The second kappa shape index (κ2) is 12.3. The summed E-state index contributed by atoms with van der Waals surface area (Å²) in [5.74, 6) is 4.08. The number of fused-ring (bicyclic) bond motifs is 2. The van der Waals surface area contributed by atoms with Crippen LogP contribution in [0.15, 0.2) is 66.9 Å². The molecule has 5 amide bonds. The van der Waals surface area contributed by atoms with Gasteiger partial charge in [0.25, 0.3) is 17.7 Å². The fourth-order valence-corrected chi connectivity index (χ4v) is 7.56. The maximum absolute atomic E-state index is 13.6. The van der Waals surface area contributed by atoms with Crippen molar-refractivity contribution in [2.75, 3.05) is 23.3 Å². The van der Waals surface area contributed by atoms with Crippen LogP contribution in [-0.2, 0) is 26.1 Å². The minimum Gasteiger partial charge on any atom is -0.369 e. The summed E-state index contributed by atoms with van der Waals surface area (Å²) >= 11 is 6.12. The van der Waals surface area contributed by atoms with Gasteiger partial charge in [-0.3, -0.25) is 34.2 Å². The Bertz CT molecular complexity index is 2300. The number of hydrogen-bond acceptors (Lipinski definition) is 6. The van der Waals surface area contributed by atoms with Gasteiger partial charge in [0.15, 0.2) is 0 Å². The number of hydrogen-bond donors (Lipinski definition) is 2. The van der Waals surface area contributed by atoms with Crippen LogP contribution in [0.4, 0.5) is 24.5 Å². The van der Waals surface area contributed by atoms with E-state index in [1.165, 1.54) is 6.07 Å². The molecule has 3 fully saturated rings. The van der Waals surface area contributed by atoms with E-state index in [2.05, 4.69) is 27.4 Å². The van der Waals surface area contributed by atoms with E-state index < -0.39 is 46.9 Å². The fourth-order valence-electron chi connectivity index (χ4n) is 7.34.